The van der Waals surface area contributed by atoms with Crippen molar-refractivity contribution in [3.8, 4) is 0 Å². The molecular weight excluding hydrogens is 266 g/mol. The summed E-state index contributed by atoms with van der Waals surface area (Å²) in [7, 11) is 0. The topological polar surface area (TPSA) is 62.3 Å². The summed E-state index contributed by atoms with van der Waals surface area (Å²) in [4.78, 5) is 11.6. The number of ether oxygens (including phenoxy) is 1. The van der Waals surface area contributed by atoms with Crippen LogP contribution in [0.5, 0.6) is 0 Å². The van der Waals surface area contributed by atoms with Crippen LogP contribution in [-0.4, -0.2) is 60.8 Å². The molecule has 1 aromatic rings. The molecule has 6 nitrogen and oxygen atoms in total. The number of anilines is 2. The zero-order valence-electron chi connectivity index (χ0n) is 12.8. The second kappa shape index (κ2) is 7.04. The van der Waals surface area contributed by atoms with E-state index in [1.807, 2.05) is 0 Å². The molecule has 0 amide bonds. The summed E-state index contributed by atoms with van der Waals surface area (Å²) in [6.07, 6.45) is 2.52. The normalized spacial score (nSPS) is 19.5. The van der Waals surface area contributed by atoms with Gasteiger partial charge >= 0.3 is 0 Å². The van der Waals surface area contributed by atoms with E-state index in [0.29, 0.717) is 5.92 Å². The lowest BCUT2D eigenvalue weighted by Gasteiger charge is -2.26. The fraction of sp³-hybridized carbons (Fsp3) is 0.733. The first-order valence-corrected chi connectivity index (χ1v) is 8.02. The SMILES string of the molecule is CCNc1nc(NCCN2CCOCC2)cc(C2CC2)n1. The Morgan fingerprint density at radius 2 is 2.05 bits per heavy atom. The molecule has 0 atom stereocenters. The van der Waals surface area contributed by atoms with Gasteiger partial charge in [0.25, 0.3) is 0 Å². The zero-order chi connectivity index (χ0) is 14.5. The van der Waals surface area contributed by atoms with Crippen LogP contribution in [0.15, 0.2) is 6.07 Å². The summed E-state index contributed by atoms with van der Waals surface area (Å²) in [6, 6.07) is 2.11. The predicted molar refractivity (Wildman–Crippen MR) is 83.9 cm³/mol. The first-order valence-electron chi connectivity index (χ1n) is 8.02. The van der Waals surface area contributed by atoms with Crippen molar-refractivity contribution in [1.29, 1.82) is 0 Å². The van der Waals surface area contributed by atoms with E-state index >= 15 is 0 Å². The van der Waals surface area contributed by atoms with Crippen molar-refractivity contribution in [2.24, 2.45) is 0 Å². The molecule has 116 valence electrons. The first-order chi connectivity index (χ1) is 10.3. The van der Waals surface area contributed by atoms with Crippen LogP contribution in [0.2, 0.25) is 0 Å². The van der Waals surface area contributed by atoms with E-state index in [2.05, 4.69) is 38.5 Å². The molecule has 2 N–H and O–H groups in total. The summed E-state index contributed by atoms with van der Waals surface area (Å²) in [5.41, 5.74) is 1.18. The molecule has 0 spiro atoms. The van der Waals surface area contributed by atoms with Crippen molar-refractivity contribution in [3.63, 3.8) is 0 Å². The molecule has 2 heterocycles. The molecule has 0 bridgehead atoms. The largest absolute Gasteiger partial charge is 0.379 e. The van der Waals surface area contributed by atoms with E-state index in [0.717, 1.165) is 57.7 Å². The number of hydrogen-bond donors (Lipinski definition) is 2. The van der Waals surface area contributed by atoms with Gasteiger partial charge in [-0.3, -0.25) is 4.90 Å². The average Bonchev–Trinajstić information content (AvgIpc) is 3.33. The monoisotopic (exact) mass is 291 g/mol. The van der Waals surface area contributed by atoms with Crippen LogP contribution >= 0.6 is 0 Å². The van der Waals surface area contributed by atoms with Crippen LogP contribution in [0.25, 0.3) is 0 Å². The summed E-state index contributed by atoms with van der Waals surface area (Å²) in [6.45, 7) is 8.62. The standard InChI is InChI=1S/C15H25N5O/c1-2-16-15-18-13(12-3-4-12)11-14(19-15)17-5-6-20-7-9-21-10-8-20/h11-12H,2-10H2,1H3,(H2,16,17,18,19). The fourth-order valence-corrected chi connectivity index (χ4v) is 2.55. The molecule has 1 aliphatic heterocycles. The van der Waals surface area contributed by atoms with Crippen LogP contribution in [0.1, 0.15) is 31.4 Å². The van der Waals surface area contributed by atoms with Gasteiger partial charge in [0.05, 0.1) is 18.9 Å². The van der Waals surface area contributed by atoms with Gasteiger partial charge in [-0.25, -0.2) is 4.98 Å². The molecule has 1 aromatic heterocycles. The zero-order valence-corrected chi connectivity index (χ0v) is 12.8. The van der Waals surface area contributed by atoms with E-state index in [1.165, 1.54) is 18.5 Å². The Balaban J connectivity index is 1.55. The van der Waals surface area contributed by atoms with Gasteiger partial charge in [0.1, 0.15) is 5.82 Å². The van der Waals surface area contributed by atoms with Crippen LogP contribution in [0.4, 0.5) is 11.8 Å². The van der Waals surface area contributed by atoms with Gasteiger partial charge in [0.2, 0.25) is 5.95 Å². The molecule has 0 radical (unpaired) electrons. The second-order valence-electron chi connectivity index (χ2n) is 5.69. The van der Waals surface area contributed by atoms with Crippen molar-refractivity contribution in [1.82, 2.24) is 14.9 Å². The van der Waals surface area contributed by atoms with Crippen molar-refractivity contribution in [2.45, 2.75) is 25.7 Å². The van der Waals surface area contributed by atoms with Gasteiger partial charge in [0, 0.05) is 44.7 Å². The smallest absolute Gasteiger partial charge is 0.224 e. The van der Waals surface area contributed by atoms with Gasteiger partial charge < -0.3 is 15.4 Å². The Kier molecular flexibility index (Phi) is 4.87. The Morgan fingerprint density at radius 1 is 1.24 bits per heavy atom. The minimum Gasteiger partial charge on any atom is -0.379 e. The molecule has 0 unspecified atom stereocenters. The number of nitrogens with zero attached hydrogens (tertiary/aromatic N) is 3. The maximum absolute atomic E-state index is 5.37. The molecule has 1 saturated carbocycles. The molecule has 2 aliphatic rings. The summed E-state index contributed by atoms with van der Waals surface area (Å²) in [5.74, 6) is 2.33. The van der Waals surface area contributed by atoms with E-state index in [-0.39, 0.29) is 0 Å². The lowest BCUT2D eigenvalue weighted by Crippen LogP contribution is -2.39. The number of rotatable bonds is 7. The molecule has 1 saturated heterocycles. The lowest BCUT2D eigenvalue weighted by atomic mass is 10.3. The van der Waals surface area contributed by atoms with E-state index in [9.17, 15) is 0 Å². The highest BCUT2D eigenvalue weighted by molar-refractivity contribution is 5.44. The summed E-state index contributed by atoms with van der Waals surface area (Å²) < 4.78 is 5.37. The van der Waals surface area contributed by atoms with E-state index < -0.39 is 0 Å². The molecule has 6 heteroatoms. The second-order valence-corrected chi connectivity index (χ2v) is 5.69. The van der Waals surface area contributed by atoms with Crippen LogP contribution in [-0.2, 0) is 4.74 Å². The van der Waals surface area contributed by atoms with Crippen LogP contribution in [0, 0.1) is 0 Å². The number of hydrogen-bond acceptors (Lipinski definition) is 6. The van der Waals surface area contributed by atoms with Gasteiger partial charge in [0.15, 0.2) is 0 Å². The maximum Gasteiger partial charge on any atom is 0.224 e. The van der Waals surface area contributed by atoms with Crippen molar-refractivity contribution < 1.29 is 4.74 Å². The molecule has 0 aromatic carbocycles. The Bertz CT molecular complexity index is 457. The van der Waals surface area contributed by atoms with Crippen LogP contribution in [0.3, 0.4) is 0 Å². The highest BCUT2D eigenvalue weighted by atomic mass is 16.5. The van der Waals surface area contributed by atoms with Gasteiger partial charge in [-0.2, -0.15) is 4.98 Å². The first kappa shape index (κ1) is 14.5. The number of morpholine rings is 1. The molecule has 1 aliphatic carbocycles. The average molecular weight is 291 g/mol. The number of aromatic nitrogens is 2. The molecule has 3 rings (SSSR count). The van der Waals surface area contributed by atoms with Gasteiger partial charge in [-0.05, 0) is 19.8 Å². The highest BCUT2D eigenvalue weighted by Crippen LogP contribution is 2.39. The lowest BCUT2D eigenvalue weighted by molar-refractivity contribution is 0.0398. The third-order valence-electron chi connectivity index (χ3n) is 3.91. The Morgan fingerprint density at radius 3 is 2.76 bits per heavy atom. The van der Waals surface area contributed by atoms with Crippen molar-refractivity contribution in [3.05, 3.63) is 11.8 Å². The Labute approximate surface area is 126 Å². The quantitative estimate of drug-likeness (QED) is 0.794. The molecule has 21 heavy (non-hydrogen) atoms. The van der Waals surface area contributed by atoms with Crippen molar-refractivity contribution >= 4 is 11.8 Å². The molecular formula is C15H25N5O. The highest BCUT2D eigenvalue weighted by Gasteiger charge is 2.26. The third-order valence-corrected chi connectivity index (χ3v) is 3.91. The third kappa shape index (κ3) is 4.28. The summed E-state index contributed by atoms with van der Waals surface area (Å²) in [5, 5.41) is 6.66. The fourth-order valence-electron chi connectivity index (χ4n) is 2.55. The van der Waals surface area contributed by atoms with E-state index in [1.54, 1.807) is 0 Å². The predicted octanol–water partition coefficient (Wildman–Crippen LogP) is 1.53. The molecule has 2 fully saturated rings. The van der Waals surface area contributed by atoms with E-state index in [4.69, 9.17) is 4.74 Å². The van der Waals surface area contributed by atoms with Gasteiger partial charge in [-0.15, -0.1) is 0 Å². The minimum atomic E-state index is 0.644. The number of nitrogens with one attached hydrogen (secondary N) is 2. The maximum atomic E-state index is 5.37. The Hall–Kier alpha value is -1.40. The van der Waals surface area contributed by atoms with Crippen LogP contribution < -0.4 is 10.6 Å². The van der Waals surface area contributed by atoms with Crippen molar-refractivity contribution in [2.75, 3.05) is 56.6 Å². The van der Waals surface area contributed by atoms with Gasteiger partial charge in [-0.1, -0.05) is 0 Å². The minimum absolute atomic E-state index is 0.644. The summed E-state index contributed by atoms with van der Waals surface area (Å²) >= 11 is 0.